The standard InChI is InChI=1S/C24H29N3O5/c1-3-26(18-11-7-8-16(2)12-18)23(24(28)25-17-9-5-4-6-10-17)19-13-21-22(32-15-31-21)14-20(19)27(29)30/h7-8,11-14,17,23H,3-6,9-10,15H2,1-2H3,(H,25,28)/t23-/m0/s1. The molecule has 2 aromatic rings. The fraction of sp³-hybridized carbons (Fsp3) is 0.458. The molecule has 8 nitrogen and oxygen atoms in total. The van der Waals surface area contributed by atoms with Crippen LogP contribution in [-0.2, 0) is 4.79 Å². The number of ether oxygens (including phenoxy) is 2. The number of rotatable bonds is 7. The van der Waals surface area contributed by atoms with E-state index in [0.717, 1.165) is 36.9 Å². The maximum Gasteiger partial charge on any atom is 0.279 e. The number of nitro benzene ring substituents is 1. The van der Waals surface area contributed by atoms with Gasteiger partial charge in [0, 0.05) is 18.3 Å². The monoisotopic (exact) mass is 439 g/mol. The molecule has 1 fully saturated rings. The van der Waals surface area contributed by atoms with Gasteiger partial charge in [0.15, 0.2) is 11.5 Å². The largest absolute Gasteiger partial charge is 0.454 e. The first kappa shape index (κ1) is 21.9. The van der Waals surface area contributed by atoms with Crippen LogP contribution in [0.2, 0.25) is 0 Å². The van der Waals surface area contributed by atoms with E-state index in [-0.39, 0.29) is 24.4 Å². The summed E-state index contributed by atoms with van der Waals surface area (Å²) in [4.78, 5) is 27.2. The first-order chi connectivity index (χ1) is 15.5. The summed E-state index contributed by atoms with van der Waals surface area (Å²) >= 11 is 0. The van der Waals surface area contributed by atoms with Gasteiger partial charge in [-0.2, -0.15) is 0 Å². The molecule has 0 spiro atoms. The number of amides is 1. The zero-order chi connectivity index (χ0) is 22.7. The van der Waals surface area contributed by atoms with Crippen molar-refractivity contribution in [2.75, 3.05) is 18.2 Å². The number of nitro groups is 1. The lowest BCUT2D eigenvalue weighted by Gasteiger charge is -2.34. The Labute approximate surface area is 187 Å². The Morgan fingerprint density at radius 1 is 1.19 bits per heavy atom. The third kappa shape index (κ3) is 4.49. The van der Waals surface area contributed by atoms with Crippen LogP contribution in [0.5, 0.6) is 11.5 Å². The third-order valence-electron chi connectivity index (χ3n) is 6.20. The van der Waals surface area contributed by atoms with E-state index in [0.29, 0.717) is 23.6 Å². The van der Waals surface area contributed by atoms with E-state index in [1.54, 1.807) is 6.07 Å². The van der Waals surface area contributed by atoms with Gasteiger partial charge >= 0.3 is 0 Å². The van der Waals surface area contributed by atoms with Gasteiger partial charge < -0.3 is 19.7 Å². The Morgan fingerprint density at radius 3 is 2.56 bits per heavy atom. The summed E-state index contributed by atoms with van der Waals surface area (Å²) in [6, 6.07) is 9.99. The molecule has 1 atom stereocenters. The topological polar surface area (TPSA) is 93.9 Å². The normalized spacial score (nSPS) is 16.4. The van der Waals surface area contributed by atoms with E-state index in [1.807, 2.05) is 43.0 Å². The molecule has 4 rings (SSSR count). The molecule has 0 saturated heterocycles. The van der Waals surface area contributed by atoms with Gasteiger partial charge in [-0.1, -0.05) is 31.4 Å². The number of nitrogens with zero attached hydrogens (tertiary/aromatic N) is 2. The van der Waals surface area contributed by atoms with Gasteiger partial charge in [0.25, 0.3) is 5.69 Å². The average molecular weight is 440 g/mol. The fourth-order valence-electron chi connectivity index (χ4n) is 4.62. The van der Waals surface area contributed by atoms with Crippen molar-refractivity contribution < 1.29 is 19.2 Å². The number of carbonyl (C=O) groups is 1. The molecule has 2 aromatic carbocycles. The van der Waals surface area contributed by atoms with Gasteiger partial charge in [-0.25, -0.2) is 0 Å². The number of hydrogen-bond acceptors (Lipinski definition) is 6. The molecular formula is C24H29N3O5. The van der Waals surface area contributed by atoms with E-state index in [2.05, 4.69) is 5.32 Å². The molecule has 170 valence electrons. The van der Waals surface area contributed by atoms with Crippen molar-refractivity contribution in [1.29, 1.82) is 0 Å². The maximum absolute atomic E-state index is 13.7. The Kier molecular flexibility index (Phi) is 6.48. The number of likely N-dealkylation sites (N-methyl/N-ethyl adjacent to an activating group) is 1. The number of hydrogen-bond donors (Lipinski definition) is 1. The Balaban J connectivity index is 1.80. The maximum atomic E-state index is 13.7. The highest BCUT2D eigenvalue weighted by Crippen LogP contribution is 2.42. The number of fused-ring (bicyclic) bond motifs is 1. The minimum Gasteiger partial charge on any atom is -0.454 e. The smallest absolute Gasteiger partial charge is 0.279 e. The molecule has 32 heavy (non-hydrogen) atoms. The molecule has 0 bridgehead atoms. The second-order valence-corrected chi connectivity index (χ2v) is 8.39. The van der Waals surface area contributed by atoms with Crippen LogP contribution in [0.15, 0.2) is 36.4 Å². The molecule has 0 aromatic heterocycles. The highest BCUT2D eigenvalue weighted by Gasteiger charge is 2.36. The second kappa shape index (κ2) is 9.46. The third-order valence-corrected chi connectivity index (χ3v) is 6.20. The van der Waals surface area contributed by atoms with E-state index in [4.69, 9.17) is 9.47 Å². The molecule has 0 radical (unpaired) electrons. The molecule has 0 unspecified atom stereocenters. The SMILES string of the molecule is CCN(c1cccc(C)c1)[C@H](C(=O)NC1CCCCC1)c1cc2c(cc1[N+](=O)[O-])OCO2. The van der Waals surface area contributed by atoms with Gasteiger partial charge in [0.2, 0.25) is 12.7 Å². The van der Waals surface area contributed by atoms with Crippen LogP contribution in [0.4, 0.5) is 11.4 Å². The van der Waals surface area contributed by atoms with Crippen molar-refractivity contribution in [3.8, 4) is 11.5 Å². The van der Waals surface area contributed by atoms with Crippen LogP contribution in [-0.4, -0.2) is 30.2 Å². The first-order valence-electron chi connectivity index (χ1n) is 11.2. The van der Waals surface area contributed by atoms with Crippen LogP contribution in [0, 0.1) is 17.0 Å². The number of carbonyl (C=O) groups excluding carboxylic acids is 1. The zero-order valence-electron chi connectivity index (χ0n) is 18.5. The van der Waals surface area contributed by atoms with Crippen LogP contribution in [0.25, 0.3) is 0 Å². The Hall–Kier alpha value is -3.29. The molecular weight excluding hydrogens is 410 g/mol. The van der Waals surface area contributed by atoms with E-state index in [9.17, 15) is 14.9 Å². The van der Waals surface area contributed by atoms with E-state index < -0.39 is 11.0 Å². The summed E-state index contributed by atoms with van der Waals surface area (Å²) < 4.78 is 10.8. The second-order valence-electron chi connectivity index (χ2n) is 8.39. The summed E-state index contributed by atoms with van der Waals surface area (Å²) in [5.41, 5.74) is 2.04. The number of benzene rings is 2. The quantitative estimate of drug-likeness (QED) is 0.499. The highest BCUT2D eigenvalue weighted by molar-refractivity contribution is 5.88. The number of nitrogens with one attached hydrogen (secondary N) is 1. The Bertz CT molecular complexity index is 1000. The molecule has 1 N–H and O–H groups in total. The predicted octanol–water partition coefficient (Wildman–Crippen LogP) is 4.65. The average Bonchev–Trinajstić information content (AvgIpc) is 3.24. The van der Waals surface area contributed by atoms with Crippen molar-refractivity contribution in [2.24, 2.45) is 0 Å². The zero-order valence-corrected chi connectivity index (χ0v) is 18.5. The molecule has 1 aliphatic heterocycles. The minimum atomic E-state index is -0.876. The number of aryl methyl sites for hydroxylation is 1. The lowest BCUT2D eigenvalue weighted by molar-refractivity contribution is -0.385. The molecule has 8 heteroatoms. The Morgan fingerprint density at radius 2 is 1.91 bits per heavy atom. The summed E-state index contributed by atoms with van der Waals surface area (Å²) in [6.45, 7) is 4.43. The van der Waals surface area contributed by atoms with Gasteiger partial charge in [-0.05, 0) is 50.5 Å². The summed E-state index contributed by atoms with van der Waals surface area (Å²) in [6.07, 6.45) is 5.19. The molecule has 1 amide bonds. The van der Waals surface area contributed by atoms with Crippen LogP contribution in [0.1, 0.15) is 56.2 Å². The molecule has 1 aliphatic carbocycles. The van der Waals surface area contributed by atoms with Crippen LogP contribution in [0.3, 0.4) is 0 Å². The van der Waals surface area contributed by atoms with Gasteiger partial charge in [0.1, 0.15) is 6.04 Å². The first-order valence-corrected chi connectivity index (χ1v) is 11.2. The summed E-state index contributed by atoms with van der Waals surface area (Å²) in [7, 11) is 0. The lowest BCUT2D eigenvalue weighted by atomic mass is 9.94. The fourth-order valence-corrected chi connectivity index (χ4v) is 4.62. The molecule has 1 saturated carbocycles. The van der Waals surface area contributed by atoms with Crippen molar-refractivity contribution >= 4 is 17.3 Å². The van der Waals surface area contributed by atoms with Crippen molar-refractivity contribution in [3.63, 3.8) is 0 Å². The van der Waals surface area contributed by atoms with Crippen LogP contribution >= 0.6 is 0 Å². The highest BCUT2D eigenvalue weighted by atomic mass is 16.7. The van der Waals surface area contributed by atoms with Crippen LogP contribution < -0.4 is 19.7 Å². The van der Waals surface area contributed by atoms with E-state index >= 15 is 0 Å². The number of anilines is 1. The van der Waals surface area contributed by atoms with Crippen molar-refractivity contribution in [1.82, 2.24) is 5.32 Å². The predicted molar refractivity (Wildman–Crippen MR) is 121 cm³/mol. The van der Waals surface area contributed by atoms with Crippen molar-refractivity contribution in [3.05, 3.63) is 57.6 Å². The van der Waals surface area contributed by atoms with E-state index in [1.165, 1.54) is 12.5 Å². The van der Waals surface area contributed by atoms with Gasteiger partial charge in [-0.15, -0.1) is 0 Å². The summed E-state index contributed by atoms with van der Waals surface area (Å²) in [5.74, 6) is 0.508. The minimum absolute atomic E-state index is 0.00422. The van der Waals surface area contributed by atoms with Gasteiger partial charge in [0.05, 0.1) is 16.6 Å². The summed E-state index contributed by atoms with van der Waals surface area (Å²) in [5, 5.41) is 15.2. The van der Waals surface area contributed by atoms with Crippen molar-refractivity contribution in [2.45, 2.75) is 58.0 Å². The molecule has 2 aliphatic rings. The lowest BCUT2D eigenvalue weighted by Crippen LogP contribution is -2.45. The van der Waals surface area contributed by atoms with Gasteiger partial charge in [-0.3, -0.25) is 14.9 Å². The molecule has 1 heterocycles.